The summed E-state index contributed by atoms with van der Waals surface area (Å²) in [6.07, 6.45) is -0.0216. The smallest absolute Gasteiger partial charge is 0.339 e. The lowest BCUT2D eigenvalue weighted by atomic mass is 9.89. The second-order valence-corrected chi connectivity index (χ2v) is 7.51. The van der Waals surface area contributed by atoms with Crippen LogP contribution in [0.25, 0.3) is 10.2 Å². The molecule has 0 fully saturated rings. The first kappa shape index (κ1) is 16.3. The molecule has 1 N–H and O–H groups in total. The van der Waals surface area contributed by atoms with Crippen LogP contribution in [0.1, 0.15) is 29.3 Å². The van der Waals surface area contributed by atoms with E-state index in [1.807, 2.05) is 0 Å². The zero-order valence-corrected chi connectivity index (χ0v) is 14.3. The number of alkyl halides is 3. The van der Waals surface area contributed by atoms with Crippen LogP contribution in [0, 0.1) is 5.92 Å². The predicted molar refractivity (Wildman–Crippen MR) is 93.3 cm³/mol. The van der Waals surface area contributed by atoms with Crippen LogP contribution < -0.4 is 5.32 Å². The summed E-state index contributed by atoms with van der Waals surface area (Å²) in [5.41, 5.74) is 0.504. The van der Waals surface area contributed by atoms with Gasteiger partial charge in [-0.1, -0.05) is 19.1 Å². The lowest BCUT2D eigenvalue weighted by Gasteiger charge is -2.19. The van der Waals surface area contributed by atoms with Crippen molar-refractivity contribution >= 4 is 33.1 Å². The number of para-hydroxylation sites is 1. The summed E-state index contributed by atoms with van der Waals surface area (Å²) in [7, 11) is 0. The molecular weight excluding hydrogens is 347 g/mol. The van der Waals surface area contributed by atoms with Crippen molar-refractivity contribution in [3.05, 3.63) is 46.6 Å². The Kier molecular flexibility index (Phi) is 3.91. The maximum Gasteiger partial charge on any atom is 0.418 e. The Labute approximate surface area is 146 Å². The van der Waals surface area contributed by atoms with Gasteiger partial charge in [0, 0.05) is 4.88 Å². The molecule has 1 aromatic carbocycles. The molecule has 0 amide bonds. The van der Waals surface area contributed by atoms with Crippen molar-refractivity contribution in [2.45, 2.75) is 32.4 Å². The van der Waals surface area contributed by atoms with Gasteiger partial charge >= 0.3 is 6.18 Å². The molecule has 4 rings (SSSR count). The van der Waals surface area contributed by atoms with Crippen molar-refractivity contribution in [2.75, 3.05) is 5.32 Å². The molecule has 0 spiro atoms. The first-order chi connectivity index (χ1) is 11.9. The Morgan fingerprint density at radius 1 is 1.20 bits per heavy atom. The van der Waals surface area contributed by atoms with Crippen LogP contribution in [-0.4, -0.2) is 9.97 Å². The van der Waals surface area contributed by atoms with E-state index in [1.54, 1.807) is 17.4 Å². The molecule has 2 heterocycles. The molecule has 130 valence electrons. The van der Waals surface area contributed by atoms with Gasteiger partial charge in [0.2, 0.25) is 0 Å². The van der Waals surface area contributed by atoms with Crippen LogP contribution in [0.15, 0.2) is 30.6 Å². The lowest BCUT2D eigenvalue weighted by Crippen LogP contribution is -2.10. The highest BCUT2D eigenvalue weighted by Gasteiger charge is 2.33. The quantitative estimate of drug-likeness (QED) is 0.646. The molecule has 25 heavy (non-hydrogen) atoms. The molecule has 1 aliphatic rings. The average molecular weight is 363 g/mol. The summed E-state index contributed by atoms with van der Waals surface area (Å²) in [5, 5.41) is 3.77. The number of nitrogens with one attached hydrogen (secondary N) is 1. The molecule has 1 atom stereocenters. The summed E-state index contributed by atoms with van der Waals surface area (Å²) >= 11 is 1.62. The molecule has 0 saturated heterocycles. The summed E-state index contributed by atoms with van der Waals surface area (Å²) in [6.45, 7) is 2.22. The molecule has 1 aliphatic carbocycles. The third-order valence-electron chi connectivity index (χ3n) is 4.58. The molecule has 0 aliphatic heterocycles. The zero-order chi connectivity index (χ0) is 17.6. The Bertz CT molecular complexity index is 933. The van der Waals surface area contributed by atoms with Gasteiger partial charge in [0.15, 0.2) is 0 Å². The van der Waals surface area contributed by atoms with Gasteiger partial charge in [-0.2, -0.15) is 13.2 Å². The van der Waals surface area contributed by atoms with E-state index in [9.17, 15) is 13.2 Å². The molecule has 1 unspecified atom stereocenters. The van der Waals surface area contributed by atoms with Crippen molar-refractivity contribution in [2.24, 2.45) is 5.92 Å². The Morgan fingerprint density at radius 3 is 2.80 bits per heavy atom. The number of aromatic nitrogens is 2. The third kappa shape index (κ3) is 2.97. The normalized spacial score (nSPS) is 17.5. The number of rotatable bonds is 2. The van der Waals surface area contributed by atoms with E-state index in [1.165, 1.54) is 28.9 Å². The van der Waals surface area contributed by atoms with Crippen molar-refractivity contribution in [1.82, 2.24) is 9.97 Å². The highest BCUT2D eigenvalue weighted by atomic mass is 32.1. The van der Waals surface area contributed by atoms with Gasteiger partial charge in [-0.25, -0.2) is 9.97 Å². The van der Waals surface area contributed by atoms with Crippen LogP contribution in [0.4, 0.5) is 24.7 Å². The predicted octanol–water partition coefficient (Wildman–Crippen LogP) is 5.58. The number of benzene rings is 1. The number of anilines is 2. The average Bonchev–Trinajstić information content (AvgIpc) is 2.92. The van der Waals surface area contributed by atoms with E-state index in [-0.39, 0.29) is 5.69 Å². The Balaban J connectivity index is 1.82. The highest BCUT2D eigenvalue weighted by Crippen LogP contribution is 2.41. The monoisotopic (exact) mass is 363 g/mol. The molecule has 2 aromatic heterocycles. The van der Waals surface area contributed by atoms with Crippen LogP contribution in [0.2, 0.25) is 0 Å². The molecule has 7 heteroatoms. The topological polar surface area (TPSA) is 37.8 Å². The fourth-order valence-electron chi connectivity index (χ4n) is 3.34. The second-order valence-electron chi connectivity index (χ2n) is 6.42. The van der Waals surface area contributed by atoms with Crippen molar-refractivity contribution < 1.29 is 13.2 Å². The third-order valence-corrected chi connectivity index (χ3v) is 5.74. The van der Waals surface area contributed by atoms with Crippen molar-refractivity contribution in [1.29, 1.82) is 0 Å². The van der Waals surface area contributed by atoms with E-state index in [2.05, 4.69) is 22.2 Å². The Morgan fingerprint density at radius 2 is 2.00 bits per heavy atom. The van der Waals surface area contributed by atoms with Gasteiger partial charge in [-0.05, 0) is 42.9 Å². The van der Waals surface area contributed by atoms with E-state index in [4.69, 9.17) is 0 Å². The first-order valence-corrected chi connectivity index (χ1v) is 8.93. The van der Waals surface area contributed by atoms with Gasteiger partial charge in [0.25, 0.3) is 0 Å². The fraction of sp³-hybridized carbons (Fsp3) is 0.333. The van der Waals surface area contributed by atoms with E-state index in [0.717, 1.165) is 35.5 Å². The molecular formula is C18H16F3N3S. The van der Waals surface area contributed by atoms with Crippen molar-refractivity contribution in [3.63, 3.8) is 0 Å². The summed E-state index contributed by atoms with van der Waals surface area (Å²) in [4.78, 5) is 10.7. The minimum Gasteiger partial charge on any atom is -0.339 e. The standard InChI is InChI=1S/C18H16F3N3S/c1-10-6-7-11-14(8-10)25-17-15(11)16(22-9-23-17)24-13-5-3-2-4-12(13)18(19,20)21/h2-5,9-10H,6-8H2,1H3,(H,22,23,24). The number of aryl methyl sites for hydroxylation is 1. The number of hydrogen-bond donors (Lipinski definition) is 1. The summed E-state index contributed by atoms with van der Waals surface area (Å²) < 4.78 is 39.8. The van der Waals surface area contributed by atoms with E-state index in [0.29, 0.717) is 11.7 Å². The van der Waals surface area contributed by atoms with Crippen LogP contribution in [-0.2, 0) is 19.0 Å². The van der Waals surface area contributed by atoms with E-state index < -0.39 is 11.7 Å². The number of hydrogen-bond acceptors (Lipinski definition) is 4. The summed E-state index contributed by atoms with van der Waals surface area (Å²) in [6, 6.07) is 5.47. The van der Waals surface area contributed by atoms with Crippen LogP contribution in [0.3, 0.4) is 0 Å². The largest absolute Gasteiger partial charge is 0.418 e. The maximum absolute atomic E-state index is 13.3. The fourth-order valence-corrected chi connectivity index (χ4v) is 4.69. The minimum absolute atomic E-state index is 0.0131. The van der Waals surface area contributed by atoms with Gasteiger partial charge in [-0.15, -0.1) is 11.3 Å². The molecule has 0 saturated carbocycles. The second kappa shape index (κ2) is 5.98. The molecule has 3 nitrogen and oxygen atoms in total. The van der Waals surface area contributed by atoms with Gasteiger partial charge < -0.3 is 5.32 Å². The number of halogens is 3. The number of fused-ring (bicyclic) bond motifs is 3. The molecule has 0 radical (unpaired) electrons. The lowest BCUT2D eigenvalue weighted by molar-refractivity contribution is -0.136. The van der Waals surface area contributed by atoms with Crippen LogP contribution in [0.5, 0.6) is 0 Å². The Hall–Kier alpha value is -2.15. The van der Waals surface area contributed by atoms with E-state index >= 15 is 0 Å². The highest BCUT2D eigenvalue weighted by molar-refractivity contribution is 7.19. The minimum atomic E-state index is -4.42. The zero-order valence-electron chi connectivity index (χ0n) is 13.5. The maximum atomic E-state index is 13.3. The SMILES string of the molecule is CC1CCc2c(sc3ncnc(Nc4ccccc4C(F)(F)F)c23)C1. The van der Waals surface area contributed by atoms with Crippen molar-refractivity contribution in [3.8, 4) is 0 Å². The summed E-state index contributed by atoms with van der Waals surface area (Å²) in [5.74, 6) is 1.07. The first-order valence-electron chi connectivity index (χ1n) is 8.12. The molecule has 0 bridgehead atoms. The van der Waals surface area contributed by atoms with Gasteiger partial charge in [0.05, 0.1) is 16.6 Å². The number of thiophene rings is 1. The molecule has 3 aromatic rings. The van der Waals surface area contributed by atoms with Gasteiger partial charge in [0.1, 0.15) is 17.0 Å². The van der Waals surface area contributed by atoms with Gasteiger partial charge in [-0.3, -0.25) is 0 Å². The van der Waals surface area contributed by atoms with Crippen LogP contribution >= 0.6 is 11.3 Å². The number of nitrogens with zero attached hydrogens (tertiary/aromatic N) is 2.